The first kappa shape index (κ1) is 21.5. The Kier molecular flexibility index (Phi) is 6.67. The highest BCUT2D eigenvalue weighted by Crippen LogP contribution is 2.35. The fourth-order valence-corrected chi connectivity index (χ4v) is 3.63. The largest absolute Gasteiger partial charge is 0.394 e. The molecule has 3 rings (SSSR count). The van der Waals surface area contributed by atoms with E-state index >= 15 is 0 Å². The highest BCUT2D eigenvalue weighted by molar-refractivity contribution is 5.28. The Morgan fingerprint density at radius 2 is 0.857 bits per heavy atom. The molecule has 0 radical (unpaired) electrons. The first-order valence-electron chi connectivity index (χ1n) is 9.01. The number of ether oxygens (including phenoxy) is 2. The average Bonchev–Trinajstić information content (AvgIpc) is 2.71. The molecule has 2 saturated heterocycles. The molecule has 8 N–H and O–H groups in total. The van der Waals surface area contributed by atoms with E-state index in [2.05, 4.69) is 0 Å². The van der Waals surface area contributed by atoms with Gasteiger partial charge in [0.05, 0.1) is 13.2 Å². The Bertz CT molecular complexity index is 581. The molecule has 1 aromatic carbocycles. The first-order chi connectivity index (χ1) is 13.3. The zero-order valence-electron chi connectivity index (χ0n) is 14.9. The Balaban J connectivity index is 1.79. The second kappa shape index (κ2) is 8.67. The van der Waals surface area contributed by atoms with Gasteiger partial charge in [-0.15, -0.1) is 0 Å². The maximum absolute atomic E-state index is 10.2. The Labute approximate surface area is 160 Å². The number of benzene rings is 1. The van der Waals surface area contributed by atoms with Crippen LogP contribution in [0.15, 0.2) is 24.3 Å². The second-order valence-electron chi connectivity index (χ2n) is 7.17. The minimum atomic E-state index is -1.50. The van der Waals surface area contributed by atoms with E-state index in [-0.39, 0.29) is 0 Å². The lowest BCUT2D eigenvalue weighted by Crippen LogP contribution is -2.55. The van der Waals surface area contributed by atoms with Crippen LogP contribution in [0.1, 0.15) is 23.3 Å². The fraction of sp³-hybridized carbons (Fsp3) is 0.667. The van der Waals surface area contributed by atoms with Crippen LogP contribution < -0.4 is 0 Å². The molecule has 2 heterocycles. The summed E-state index contributed by atoms with van der Waals surface area (Å²) in [5.41, 5.74) is 0.899. The molecule has 10 heteroatoms. The molecule has 0 aromatic heterocycles. The number of aliphatic hydroxyl groups is 8. The molecule has 10 atom stereocenters. The molecule has 0 spiro atoms. The van der Waals surface area contributed by atoms with Gasteiger partial charge in [-0.2, -0.15) is 0 Å². The van der Waals surface area contributed by atoms with Gasteiger partial charge in [-0.1, -0.05) is 24.3 Å². The fourth-order valence-electron chi connectivity index (χ4n) is 3.63. The topological polar surface area (TPSA) is 180 Å². The van der Waals surface area contributed by atoms with Gasteiger partial charge in [0.2, 0.25) is 0 Å². The second-order valence-corrected chi connectivity index (χ2v) is 7.17. The number of hydrogen-bond acceptors (Lipinski definition) is 10. The smallest absolute Gasteiger partial charge is 0.113 e. The molecule has 10 nitrogen and oxygen atoms in total. The third-order valence-electron chi connectivity index (χ3n) is 5.38. The van der Waals surface area contributed by atoms with Gasteiger partial charge in [-0.3, -0.25) is 0 Å². The summed E-state index contributed by atoms with van der Waals surface area (Å²) in [6, 6.07) is 6.18. The molecule has 0 saturated carbocycles. The van der Waals surface area contributed by atoms with Gasteiger partial charge in [-0.05, 0) is 11.1 Å². The predicted molar refractivity (Wildman–Crippen MR) is 91.9 cm³/mol. The van der Waals surface area contributed by atoms with Crippen molar-refractivity contribution in [2.45, 2.75) is 61.0 Å². The summed E-state index contributed by atoms with van der Waals surface area (Å²) in [5, 5.41) is 78.5. The van der Waals surface area contributed by atoms with Crippen LogP contribution in [0.3, 0.4) is 0 Å². The van der Waals surface area contributed by atoms with Gasteiger partial charge in [0.15, 0.2) is 0 Å². The number of aliphatic hydroxyl groups excluding tert-OH is 8. The summed E-state index contributed by atoms with van der Waals surface area (Å²) in [4.78, 5) is 0. The summed E-state index contributed by atoms with van der Waals surface area (Å²) < 4.78 is 11.0. The van der Waals surface area contributed by atoms with E-state index in [1.54, 1.807) is 24.3 Å². The van der Waals surface area contributed by atoms with Crippen LogP contribution in [0.25, 0.3) is 0 Å². The molecule has 28 heavy (non-hydrogen) atoms. The van der Waals surface area contributed by atoms with Gasteiger partial charge >= 0.3 is 0 Å². The lowest BCUT2D eigenvalue weighted by Gasteiger charge is -2.41. The van der Waals surface area contributed by atoms with Crippen molar-refractivity contribution in [2.24, 2.45) is 0 Å². The third kappa shape index (κ3) is 3.81. The van der Waals surface area contributed by atoms with Crippen molar-refractivity contribution in [2.75, 3.05) is 13.2 Å². The SMILES string of the molecule is OC[C@H]1O[C@H](c2ccc([C@H]3O[C@H](CO)[C@@H](O)[C@H](O)[C@@H]3O)cc2)[C@@H](O)[C@@H](O)[C@@H]1O. The molecule has 2 aliphatic rings. The van der Waals surface area contributed by atoms with Crippen molar-refractivity contribution in [3.8, 4) is 0 Å². The molecule has 158 valence electrons. The highest BCUT2D eigenvalue weighted by atomic mass is 16.6. The van der Waals surface area contributed by atoms with Crippen LogP contribution in [-0.4, -0.2) is 103 Å². The van der Waals surface area contributed by atoms with Crippen LogP contribution in [0.2, 0.25) is 0 Å². The number of hydrogen-bond donors (Lipinski definition) is 8. The van der Waals surface area contributed by atoms with Crippen molar-refractivity contribution in [1.82, 2.24) is 0 Å². The maximum Gasteiger partial charge on any atom is 0.113 e. The minimum absolute atomic E-state index is 0.449. The quantitative estimate of drug-likeness (QED) is 0.254. The van der Waals surface area contributed by atoms with E-state index in [0.717, 1.165) is 0 Å². The van der Waals surface area contributed by atoms with Crippen molar-refractivity contribution in [1.29, 1.82) is 0 Å². The van der Waals surface area contributed by atoms with Gasteiger partial charge in [0.1, 0.15) is 61.0 Å². The monoisotopic (exact) mass is 402 g/mol. The minimum Gasteiger partial charge on any atom is -0.394 e. The maximum atomic E-state index is 10.2. The van der Waals surface area contributed by atoms with Gasteiger partial charge in [0, 0.05) is 0 Å². The lowest BCUT2D eigenvalue weighted by molar-refractivity contribution is -0.232. The molecule has 2 aliphatic heterocycles. The predicted octanol–water partition coefficient (Wildman–Crippen LogP) is -3.28. The summed E-state index contributed by atoms with van der Waals surface area (Å²) in [7, 11) is 0. The highest BCUT2D eigenvalue weighted by Gasteiger charge is 2.45. The van der Waals surface area contributed by atoms with Crippen LogP contribution in [0.5, 0.6) is 0 Å². The molecular weight excluding hydrogens is 376 g/mol. The summed E-state index contributed by atoms with van der Waals surface area (Å²) in [6.45, 7) is -1.07. The van der Waals surface area contributed by atoms with Crippen LogP contribution >= 0.6 is 0 Å². The zero-order valence-corrected chi connectivity index (χ0v) is 14.9. The third-order valence-corrected chi connectivity index (χ3v) is 5.38. The van der Waals surface area contributed by atoms with Gasteiger partial charge < -0.3 is 50.3 Å². The van der Waals surface area contributed by atoms with Crippen molar-refractivity contribution >= 4 is 0 Å². The van der Waals surface area contributed by atoms with Crippen LogP contribution in [0.4, 0.5) is 0 Å². The molecule has 0 bridgehead atoms. The normalized spacial score (nSPS) is 44.4. The standard InChI is InChI=1S/C18H26O10/c19-5-9-11(21)13(23)15(25)17(27-9)7-1-2-8(4-3-7)18-16(26)14(24)12(22)10(6-20)28-18/h1-4,9-26H,5-6H2/t9-,10-,11-,12-,13+,14+,15+,16+,17-,18-/m1/s1. The van der Waals surface area contributed by atoms with Crippen molar-refractivity contribution in [3.63, 3.8) is 0 Å². The van der Waals surface area contributed by atoms with E-state index in [4.69, 9.17) is 9.47 Å². The van der Waals surface area contributed by atoms with Crippen molar-refractivity contribution in [3.05, 3.63) is 35.4 Å². The molecule has 1 aromatic rings. The van der Waals surface area contributed by atoms with Gasteiger partial charge in [-0.25, -0.2) is 0 Å². The Morgan fingerprint density at radius 1 is 0.536 bits per heavy atom. The van der Waals surface area contributed by atoms with Crippen molar-refractivity contribution < 1.29 is 50.3 Å². The first-order valence-corrected chi connectivity index (χ1v) is 9.01. The molecule has 2 fully saturated rings. The van der Waals surface area contributed by atoms with E-state index < -0.39 is 74.3 Å². The molecular formula is C18H26O10. The summed E-state index contributed by atoms with van der Waals surface area (Å²) >= 11 is 0. The van der Waals surface area contributed by atoms with Crippen LogP contribution in [0, 0.1) is 0 Å². The summed E-state index contributed by atoms with van der Waals surface area (Å²) in [6.07, 6.45) is -12.8. The van der Waals surface area contributed by atoms with E-state index in [0.29, 0.717) is 11.1 Å². The molecule has 0 aliphatic carbocycles. The molecule has 0 unspecified atom stereocenters. The van der Waals surface area contributed by atoms with E-state index in [1.807, 2.05) is 0 Å². The summed E-state index contributed by atoms with van der Waals surface area (Å²) in [5.74, 6) is 0. The van der Waals surface area contributed by atoms with Gasteiger partial charge in [0.25, 0.3) is 0 Å². The Morgan fingerprint density at radius 3 is 1.14 bits per heavy atom. The molecule has 0 amide bonds. The van der Waals surface area contributed by atoms with E-state index in [9.17, 15) is 40.9 Å². The Hall–Kier alpha value is -1.18. The van der Waals surface area contributed by atoms with E-state index in [1.165, 1.54) is 0 Å². The lowest BCUT2D eigenvalue weighted by atomic mass is 9.88. The average molecular weight is 402 g/mol. The zero-order chi connectivity index (χ0) is 20.6. The van der Waals surface area contributed by atoms with Crippen LogP contribution in [-0.2, 0) is 9.47 Å². The number of rotatable bonds is 4.